The lowest BCUT2D eigenvalue weighted by molar-refractivity contribution is -0.140. The van der Waals surface area contributed by atoms with Gasteiger partial charge in [-0.15, -0.1) is 0 Å². The molecule has 0 radical (unpaired) electrons. The highest BCUT2D eigenvalue weighted by Crippen LogP contribution is 2.27. The number of benzene rings is 2. The fraction of sp³-hybridized carbons (Fsp3) is 0.417. The standard InChI is InChI=1S/C24H32ClN3O4S/c1-5-18(3)26-24(30)21(6-2)27(16-19-12-8-7-9-13-19)23(29)17-28(33(4,31)32)22-15-11-10-14-20(22)25/h7-15,18,21H,5-6,16-17H2,1-4H3,(H,26,30)/t18-,21+/m1/s1. The molecule has 33 heavy (non-hydrogen) atoms. The van der Waals surface area contributed by atoms with E-state index < -0.39 is 28.5 Å². The summed E-state index contributed by atoms with van der Waals surface area (Å²) < 4.78 is 26.1. The van der Waals surface area contributed by atoms with Crippen LogP contribution in [0.5, 0.6) is 0 Å². The van der Waals surface area contributed by atoms with Crippen molar-refractivity contribution in [3.05, 3.63) is 65.2 Å². The quantitative estimate of drug-likeness (QED) is 0.515. The SMILES string of the molecule is CC[C@@H](C)NC(=O)[C@H](CC)N(Cc1ccccc1)C(=O)CN(c1ccccc1Cl)S(C)(=O)=O. The minimum Gasteiger partial charge on any atom is -0.352 e. The van der Waals surface area contributed by atoms with E-state index in [1.54, 1.807) is 24.3 Å². The van der Waals surface area contributed by atoms with Crippen molar-refractivity contribution < 1.29 is 18.0 Å². The Morgan fingerprint density at radius 3 is 2.15 bits per heavy atom. The van der Waals surface area contributed by atoms with E-state index in [-0.39, 0.29) is 29.2 Å². The van der Waals surface area contributed by atoms with Crippen LogP contribution >= 0.6 is 11.6 Å². The molecule has 7 nitrogen and oxygen atoms in total. The fourth-order valence-corrected chi connectivity index (χ4v) is 4.54. The third-order valence-corrected chi connectivity index (χ3v) is 6.83. The lowest BCUT2D eigenvalue weighted by atomic mass is 10.1. The normalized spacial score (nSPS) is 13.1. The van der Waals surface area contributed by atoms with Crippen molar-refractivity contribution in [2.24, 2.45) is 0 Å². The number of sulfonamides is 1. The number of amides is 2. The number of hydrogen-bond acceptors (Lipinski definition) is 4. The van der Waals surface area contributed by atoms with E-state index in [1.165, 1.54) is 4.90 Å². The number of nitrogens with zero attached hydrogens (tertiary/aromatic N) is 2. The van der Waals surface area contributed by atoms with Gasteiger partial charge in [-0.05, 0) is 37.5 Å². The van der Waals surface area contributed by atoms with Crippen LogP contribution in [-0.4, -0.2) is 50.0 Å². The number of halogens is 1. The summed E-state index contributed by atoms with van der Waals surface area (Å²) in [5, 5.41) is 3.15. The molecule has 0 fully saturated rings. The third kappa shape index (κ3) is 7.47. The lowest BCUT2D eigenvalue weighted by Gasteiger charge is -2.33. The van der Waals surface area contributed by atoms with E-state index in [4.69, 9.17) is 11.6 Å². The van der Waals surface area contributed by atoms with E-state index >= 15 is 0 Å². The number of hydrogen-bond donors (Lipinski definition) is 1. The highest BCUT2D eigenvalue weighted by Gasteiger charge is 2.32. The van der Waals surface area contributed by atoms with Crippen molar-refractivity contribution in [1.29, 1.82) is 0 Å². The minimum absolute atomic E-state index is 0.0455. The molecule has 0 aliphatic carbocycles. The molecule has 0 bridgehead atoms. The zero-order chi connectivity index (χ0) is 24.6. The molecular weight excluding hydrogens is 462 g/mol. The monoisotopic (exact) mass is 493 g/mol. The number of rotatable bonds is 11. The second-order valence-corrected chi connectivity index (χ2v) is 10.3. The third-order valence-electron chi connectivity index (χ3n) is 5.38. The summed E-state index contributed by atoms with van der Waals surface area (Å²) in [6.45, 7) is 5.40. The molecule has 0 spiro atoms. The predicted octanol–water partition coefficient (Wildman–Crippen LogP) is 3.83. The summed E-state index contributed by atoms with van der Waals surface area (Å²) in [5.74, 6) is -0.755. The molecule has 0 unspecified atom stereocenters. The molecule has 0 heterocycles. The Balaban J connectivity index is 2.42. The van der Waals surface area contributed by atoms with Gasteiger partial charge in [0.25, 0.3) is 0 Å². The van der Waals surface area contributed by atoms with Gasteiger partial charge in [0.05, 0.1) is 17.0 Å². The molecule has 0 aromatic heterocycles. The van der Waals surface area contributed by atoms with Crippen LogP contribution in [0.1, 0.15) is 39.2 Å². The maximum atomic E-state index is 13.5. The number of para-hydroxylation sites is 1. The zero-order valence-electron chi connectivity index (χ0n) is 19.5. The average molecular weight is 494 g/mol. The van der Waals surface area contributed by atoms with Gasteiger partial charge in [-0.2, -0.15) is 0 Å². The second-order valence-electron chi connectivity index (χ2n) is 7.97. The summed E-state index contributed by atoms with van der Waals surface area (Å²) in [6.07, 6.45) is 2.16. The Labute approximate surface area is 201 Å². The van der Waals surface area contributed by atoms with Gasteiger partial charge in [-0.25, -0.2) is 8.42 Å². The fourth-order valence-electron chi connectivity index (χ4n) is 3.39. The highest BCUT2D eigenvalue weighted by molar-refractivity contribution is 7.92. The Morgan fingerprint density at radius 2 is 1.61 bits per heavy atom. The first kappa shape index (κ1) is 26.7. The topological polar surface area (TPSA) is 86.8 Å². The average Bonchev–Trinajstić information content (AvgIpc) is 2.77. The Hall–Kier alpha value is -2.58. The van der Waals surface area contributed by atoms with Crippen molar-refractivity contribution in [1.82, 2.24) is 10.2 Å². The van der Waals surface area contributed by atoms with E-state index in [0.717, 1.165) is 22.5 Å². The van der Waals surface area contributed by atoms with Gasteiger partial charge in [0.15, 0.2) is 0 Å². The van der Waals surface area contributed by atoms with Gasteiger partial charge in [-0.1, -0.05) is 67.9 Å². The Morgan fingerprint density at radius 1 is 1.00 bits per heavy atom. The first-order valence-corrected chi connectivity index (χ1v) is 13.2. The summed E-state index contributed by atoms with van der Waals surface area (Å²) in [4.78, 5) is 28.0. The van der Waals surface area contributed by atoms with E-state index in [2.05, 4.69) is 5.32 Å². The smallest absolute Gasteiger partial charge is 0.244 e. The second kappa shape index (κ2) is 12.0. The first-order valence-electron chi connectivity index (χ1n) is 10.9. The van der Waals surface area contributed by atoms with Crippen LogP contribution in [0, 0.1) is 0 Å². The van der Waals surface area contributed by atoms with Crippen molar-refractivity contribution in [2.45, 2.75) is 52.2 Å². The molecule has 2 atom stereocenters. The molecule has 2 aromatic carbocycles. The van der Waals surface area contributed by atoms with Gasteiger partial charge in [0, 0.05) is 12.6 Å². The Kier molecular flexibility index (Phi) is 9.73. The molecule has 2 aromatic rings. The van der Waals surface area contributed by atoms with Crippen molar-refractivity contribution in [3.63, 3.8) is 0 Å². The largest absolute Gasteiger partial charge is 0.352 e. The Bertz CT molecular complexity index is 1050. The maximum Gasteiger partial charge on any atom is 0.244 e. The van der Waals surface area contributed by atoms with Gasteiger partial charge in [-0.3, -0.25) is 13.9 Å². The number of carbonyl (C=O) groups is 2. The molecular formula is C24H32ClN3O4S. The molecule has 9 heteroatoms. The molecule has 2 amide bonds. The van der Waals surface area contributed by atoms with Gasteiger partial charge in [0.2, 0.25) is 21.8 Å². The van der Waals surface area contributed by atoms with Crippen LogP contribution in [0.15, 0.2) is 54.6 Å². The van der Waals surface area contributed by atoms with E-state index in [0.29, 0.717) is 6.42 Å². The van der Waals surface area contributed by atoms with Crippen LogP contribution < -0.4 is 9.62 Å². The number of nitrogens with one attached hydrogen (secondary N) is 1. The lowest BCUT2D eigenvalue weighted by Crippen LogP contribution is -2.53. The summed E-state index contributed by atoms with van der Waals surface area (Å²) in [7, 11) is -3.82. The molecule has 0 aliphatic heterocycles. The molecule has 0 aliphatic rings. The van der Waals surface area contributed by atoms with Crippen LogP contribution in [0.4, 0.5) is 5.69 Å². The molecule has 1 N–H and O–H groups in total. The summed E-state index contributed by atoms with van der Waals surface area (Å²) in [6, 6.07) is 14.9. The van der Waals surface area contributed by atoms with Crippen molar-refractivity contribution in [2.75, 3.05) is 17.1 Å². The number of anilines is 1. The van der Waals surface area contributed by atoms with Crippen LogP contribution in [-0.2, 0) is 26.2 Å². The maximum absolute atomic E-state index is 13.5. The van der Waals surface area contributed by atoms with Gasteiger partial charge >= 0.3 is 0 Å². The molecule has 0 saturated heterocycles. The molecule has 180 valence electrons. The zero-order valence-corrected chi connectivity index (χ0v) is 21.1. The minimum atomic E-state index is -3.82. The molecule has 2 rings (SSSR count). The summed E-state index contributed by atoms with van der Waals surface area (Å²) >= 11 is 6.24. The number of carbonyl (C=O) groups excluding carboxylic acids is 2. The molecule has 0 saturated carbocycles. The first-order chi connectivity index (χ1) is 15.6. The van der Waals surface area contributed by atoms with Gasteiger partial charge in [0.1, 0.15) is 12.6 Å². The van der Waals surface area contributed by atoms with Crippen LogP contribution in [0.25, 0.3) is 0 Å². The van der Waals surface area contributed by atoms with E-state index in [9.17, 15) is 18.0 Å². The summed E-state index contributed by atoms with van der Waals surface area (Å²) in [5.41, 5.74) is 1.05. The van der Waals surface area contributed by atoms with Crippen molar-refractivity contribution >= 4 is 39.1 Å². The van der Waals surface area contributed by atoms with Crippen LogP contribution in [0.3, 0.4) is 0 Å². The van der Waals surface area contributed by atoms with Gasteiger partial charge < -0.3 is 10.2 Å². The van der Waals surface area contributed by atoms with E-state index in [1.807, 2.05) is 51.1 Å². The van der Waals surface area contributed by atoms with Crippen molar-refractivity contribution in [3.8, 4) is 0 Å². The highest BCUT2D eigenvalue weighted by atomic mass is 35.5. The van der Waals surface area contributed by atoms with Crippen LogP contribution in [0.2, 0.25) is 5.02 Å². The predicted molar refractivity (Wildman–Crippen MR) is 133 cm³/mol.